The fourth-order valence-electron chi connectivity index (χ4n) is 2.79. The Labute approximate surface area is 197 Å². The number of nitrogens with one attached hydrogen (secondary N) is 2. The van der Waals surface area contributed by atoms with E-state index >= 15 is 0 Å². The maximum atomic E-state index is 12.8. The van der Waals surface area contributed by atoms with Crippen LogP contribution < -0.4 is 10.6 Å². The minimum absolute atomic E-state index is 0.0125. The van der Waals surface area contributed by atoms with Crippen molar-refractivity contribution in [2.45, 2.75) is 20.0 Å². The van der Waals surface area contributed by atoms with Crippen molar-refractivity contribution in [3.8, 4) is 11.5 Å². The second kappa shape index (κ2) is 11.2. The Bertz CT molecular complexity index is 1190. The molecule has 1 heterocycles. The third-order valence-electron chi connectivity index (χ3n) is 4.42. The largest absolute Gasteiger partial charge is 0.462 e. The minimum atomic E-state index is -4.45. The van der Waals surface area contributed by atoms with Crippen molar-refractivity contribution in [3.05, 3.63) is 65.9 Å². The Morgan fingerprint density at radius 3 is 2.11 bits per heavy atom. The van der Waals surface area contributed by atoms with Crippen LogP contribution in [0.5, 0.6) is 0 Å². The fraction of sp³-hybridized carbons (Fsp3) is 0.217. The Hall–Kier alpha value is -4.35. The van der Waals surface area contributed by atoms with Crippen molar-refractivity contribution in [2.24, 2.45) is 0 Å². The van der Waals surface area contributed by atoms with E-state index in [-0.39, 0.29) is 30.7 Å². The zero-order valence-corrected chi connectivity index (χ0v) is 18.7. The fourth-order valence-corrected chi connectivity index (χ4v) is 2.79. The number of hydrogen-bond donors (Lipinski definition) is 2. The lowest BCUT2D eigenvalue weighted by Crippen LogP contribution is -2.19. The van der Waals surface area contributed by atoms with Crippen LogP contribution in [0, 0.1) is 0 Å². The number of carbonyl (C=O) groups excluding carboxylic acids is 2. The van der Waals surface area contributed by atoms with E-state index in [4.69, 9.17) is 13.9 Å². The SMILES string of the molecule is CCOC(=O)C(=CNc1ccccc1Nc1nnc(-c2ccc(C(F)(F)F)cc2)o1)C(=O)OCC. The number of aromatic nitrogens is 2. The highest BCUT2D eigenvalue weighted by molar-refractivity contribution is 6.14. The molecule has 0 unspecified atom stereocenters. The van der Waals surface area contributed by atoms with Gasteiger partial charge in [-0.3, -0.25) is 0 Å². The van der Waals surface area contributed by atoms with Crippen LogP contribution in [0.25, 0.3) is 11.5 Å². The van der Waals surface area contributed by atoms with Crippen LogP contribution in [-0.4, -0.2) is 35.3 Å². The summed E-state index contributed by atoms with van der Waals surface area (Å²) in [6.07, 6.45) is -3.29. The number of nitrogens with zero attached hydrogens (tertiary/aromatic N) is 2. The van der Waals surface area contributed by atoms with Gasteiger partial charge >= 0.3 is 24.1 Å². The molecule has 184 valence electrons. The summed E-state index contributed by atoms with van der Waals surface area (Å²) in [7, 11) is 0. The van der Waals surface area contributed by atoms with Gasteiger partial charge in [0.15, 0.2) is 5.57 Å². The quantitative estimate of drug-likeness (QED) is 0.187. The van der Waals surface area contributed by atoms with E-state index in [1.807, 2.05) is 0 Å². The second-order valence-electron chi connectivity index (χ2n) is 6.80. The van der Waals surface area contributed by atoms with E-state index in [1.54, 1.807) is 38.1 Å². The molecular weight excluding hydrogens is 469 g/mol. The van der Waals surface area contributed by atoms with Gasteiger partial charge in [-0.1, -0.05) is 17.2 Å². The van der Waals surface area contributed by atoms with Crippen LogP contribution in [0.1, 0.15) is 19.4 Å². The lowest BCUT2D eigenvalue weighted by molar-refractivity contribution is -0.146. The summed E-state index contributed by atoms with van der Waals surface area (Å²) in [6, 6.07) is 11.0. The first-order valence-electron chi connectivity index (χ1n) is 10.4. The molecule has 0 radical (unpaired) electrons. The molecule has 0 saturated carbocycles. The number of alkyl halides is 3. The van der Waals surface area contributed by atoms with Gasteiger partial charge in [-0.15, -0.1) is 5.10 Å². The van der Waals surface area contributed by atoms with Crippen LogP contribution >= 0.6 is 0 Å². The average Bonchev–Trinajstić information content (AvgIpc) is 3.29. The Kier molecular flexibility index (Phi) is 8.08. The van der Waals surface area contributed by atoms with Gasteiger partial charge in [-0.2, -0.15) is 13.2 Å². The molecule has 2 aromatic carbocycles. The van der Waals surface area contributed by atoms with Gasteiger partial charge in [-0.05, 0) is 50.2 Å². The van der Waals surface area contributed by atoms with Crippen LogP contribution in [0.3, 0.4) is 0 Å². The summed E-state index contributed by atoms with van der Waals surface area (Å²) >= 11 is 0. The number of ether oxygens (including phenoxy) is 2. The molecule has 0 saturated heterocycles. The van der Waals surface area contributed by atoms with E-state index < -0.39 is 23.7 Å². The summed E-state index contributed by atoms with van der Waals surface area (Å²) < 4.78 is 53.6. The number of halogens is 3. The molecular formula is C23H21F3N4O5. The van der Waals surface area contributed by atoms with E-state index in [2.05, 4.69) is 20.8 Å². The topological polar surface area (TPSA) is 116 Å². The maximum Gasteiger partial charge on any atom is 0.416 e. The molecule has 1 aromatic heterocycles. The van der Waals surface area contributed by atoms with E-state index in [1.165, 1.54) is 12.1 Å². The summed E-state index contributed by atoms with van der Waals surface area (Å²) in [4.78, 5) is 24.3. The molecule has 0 aliphatic carbocycles. The molecule has 0 fully saturated rings. The molecule has 0 aliphatic heterocycles. The van der Waals surface area contributed by atoms with Crippen LogP contribution in [0.15, 0.2) is 64.7 Å². The minimum Gasteiger partial charge on any atom is -0.462 e. The van der Waals surface area contributed by atoms with E-state index in [0.29, 0.717) is 16.9 Å². The number of rotatable bonds is 9. The Balaban J connectivity index is 1.79. The van der Waals surface area contributed by atoms with Gasteiger partial charge in [0.2, 0.25) is 5.89 Å². The van der Waals surface area contributed by atoms with Crippen molar-refractivity contribution < 1.29 is 36.7 Å². The maximum absolute atomic E-state index is 12.8. The molecule has 2 N–H and O–H groups in total. The molecule has 3 rings (SSSR count). The van der Waals surface area contributed by atoms with Crippen molar-refractivity contribution in [2.75, 3.05) is 23.8 Å². The van der Waals surface area contributed by atoms with Crippen molar-refractivity contribution >= 4 is 29.3 Å². The molecule has 35 heavy (non-hydrogen) atoms. The third kappa shape index (κ3) is 6.59. The summed E-state index contributed by atoms with van der Waals surface area (Å²) in [6.45, 7) is 3.37. The smallest absolute Gasteiger partial charge is 0.416 e. The first kappa shape index (κ1) is 25.3. The number of carbonyl (C=O) groups is 2. The standard InChI is InChI=1S/C23H21F3N4O5/c1-3-33-20(31)16(21(32)34-4-2)13-27-17-7-5-6-8-18(17)28-22-30-29-19(35-22)14-9-11-15(12-10-14)23(24,25)26/h5-13,27H,3-4H2,1-2H3,(H,28,30). The Morgan fingerprint density at radius 2 is 1.54 bits per heavy atom. The first-order valence-corrected chi connectivity index (χ1v) is 10.4. The van der Waals surface area contributed by atoms with Crippen LogP contribution in [-0.2, 0) is 25.2 Å². The predicted molar refractivity (Wildman–Crippen MR) is 119 cm³/mol. The molecule has 9 nitrogen and oxygen atoms in total. The average molecular weight is 490 g/mol. The highest BCUT2D eigenvalue weighted by atomic mass is 19.4. The zero-order chi connectivity index (χ0) is 25.4. The third-order valence-corrected chi connectivity index (χ3v) is 4.42. The number of para-hydroxylation sites is 2. The molecule has 0 atom stereocenters. The molecule has 3 aromatic rings. The number of benzene rings is 2. The van der Waals surface area contributed by atoms with E-state index in [9.17, 15) is 22.8 Å². The van der Waals surface area contributed by atoms with Crippen molar-refractivity contribution in [3.63, 3.8) is 0 Å². The van der Waals surface area contributed by atoms with Crippen molar-refractivity contribution in [1.29, 1.82) is 0 Å². The molecule has 0 aliphatic rings. The molecule has 0 spiro atoms. The van der Waals surface area contributed by atoms with Gasteiger partial charge in [0, 0.05) is 11.8 Å². The highest BCUT2D eigenvalue weighted by Crippen LogP contribution is 2.31. The second-order valence-corrected chi connectivity index (χ2v) is 6.80. The summed E-state index contributed by atoms with van der Waals surface area (Å²) in [5.74, 6) is -1.68. The number of hydrogen-bond acceptors (Lipinski definition) is 9. The van der Waals surface area contributed by atoms with Gasteiger partial charge < -0.3 is 24.5 Å². The van der Waals surface area contributed by atoms with Gasteiger partial charge in [0.25, 0.3) is 0 Å². The van der Waals surface area contributed by atoms with Gasteiger partial charge in [0.05, 0.1) is 30.2 Å². The highest BCUT2D eigenvalue weighted by Gasteiger charge is 2.30. The molecule has 0 amide bonds. The summed E-state index contributed by atoms with van der Waals surface area (Å²) in [5, 5.41) is 13.4. The first-order chi connectivity index (χ1) is 16.7. The monoisotopic (exact) mass is 490 g/mol. The Morgan fingerprint density at radius 1 is 0.943 bits per heavy atom. The lowest BCUT2D eigenvalue weighted by Gasteiger charge is -2.11. The predicted octanol–water partition coefficient (Wildman–Crippen LogP) is 4.92. The van der Waals surface area contributed by atoms with E-state index in [0.717, 1.165) is 18.3 Å². The molecule has 0 bridgehead atoms. The van der Waals surface area contributed by atoms with Crippen molar-refractivity contribution in [1.82, 2.24) is 10.2 Å². The van der Waals surface area contributed by atoms with Crippen LogP contribution in [0.2, 0.25) is 0 Å². The molecule has 12 heteroatoms. The van der Waals surface area contributed by atoms with Gasteiger partial charge in [0.1, 0.15) is 0 Å². The normalized spacial score (nSPS) is 10.9. The summed E-state index contributed by atoms with van der Waals surface area (Å²) in [5.41, 5.74) is 0.0655. The van der Waals surface area contributed by atoms with Gasteiger partial charge in [-0.25, -0.2) is 9.59 Å². The zero-order valence-electron chi connectivity index (χ0n) is 18.7. The number of esters is 2. The van der Waals surface area contributed by atoms with Crippen LogP contribution in [0.4, 0.5) is 30.6 Å². The number of anilines is 3. The lowest BCUT2D eigenvalue weighted by atomic mass is 10.1.